The standard InChI is InChI=1S/C10H14N4OS2/c1-7(2)10(3,5-11)13-8(15)4-16-9-14-12-6-17-9/h6-7H,4H2,1-3H3,(H,13,15)/t10-/m1/s1. The number of rotatable bonds is 5. The van der Waals surface area contributed by atoms with Crippen LogP contribution in [0, 0.1) is 17.2 Å². The molecular weight excluding hydrogens is 256 g/mol. The summed E-state index contributed by atoms with van der Waals surface area (Å²) in [5, 5.41) is 19.3. The minimum atomic E-state index is -0.821. The van der Waals surface area contributed by atoms with Crippen LogP contribution in [-0.2, 0) is 4.79 Å². The van der Waals surface area contributed by atoms with E-state index in [0.717, 1.165) is 4.34 Å². The minimum absolute atomic E-state index is 0.0583. The van der Waals surface area contributed by atoms with Gasteiger partial charge in [-0.2, -0.15) is 5.26 Å². The van der Waals surface area contributed by atoms with Gasteiger partial charge in [0.1, 0.15) is 11.0 Å². The van der Waals surface area contributed by atoms with E-state index in [2.05, 4.69) is 21.6 Å². The number of hydrogen-bond donors (Lipinski definition) is 1. The summed E-state index contributed by atoms with van der Waals surface area (Å²) in [5.74, 6) is 0.144. The van der Waals surface area contributed by atoms with E-state index in [4.69, 9.17) is 5.26 Å². The summed E-state index contributed by atoms with van der Waals surface area (Å²) in [6, 6.07) is 2.14. The molecule has 0 aliphatic carbocycles. The van der Waals surface area contributed by atoms with Gasteiger partial charge in [0, 0.05) is 0 Å². The fourth-order valence-corrected chi connectivity index (χ4v) is 2.27. The molecule has 17 heavy (non-hydrogen) atoms. The Bertz CT molecular complexity index is 412. The number of hydrogen-bond acceptors (Lipinski definition) is 6. The fourth-order valence-electron chi connectivity index (χ4n) is 0.980. The average molecular weight is 270 g/mol. The molecular formula is C10H14N4OS2. The van der Waals surface area contributed by atoms with Crippen molar-refractivity contribution in [3.63, 3.8) is 0 Å². The molecule has 5 nitrogen and oxygen atoms in total. The van der Waals surface area contributed by atoms with Crippen LogP contribution >= 0.6 is 23.1 Å². The molecule has 1 aromatic heterocycles. The maximum atomic E-state index is 11.7. The van der Waals surface area contributed by atoms with E-state index < -0.39 is 5.54 Å². The number of nitriles is 1. The summed E-state index contributed by atoms with van der Waals surface area (Å²) in [6.07, 6.45) is 0. The summed E-state index contributed by atoms with van der Waals surface area (Å²) < 4.78 is 0.753. The van der Waals surface area contributed by atoms with Crippen LogP contribution in [-0.4, -0.2) is 27.4 Å². The van der Waals surface area contributed by atoms with Crippen molar-refractivity contribution >= 4 is 29.0 Å². The lowest BCUT2D eigenvalue weighted by Crippen LogP contribution is -2.49. The first-order chi connectivity index (χ1) is 7.98. The Morgan fingerprint density at radius 1 is 1.76 bits per heavy atom. The Morgan fingerprint density at radius 3 is 2.94 bits per heavy atom. The quantitative estimate of drug-likeness (QED) is 0.824. The number of nitrogens with one attached hydrogen (secondary N) is 1. The van der Waals surface area contributed by atoms with Gasteiger partial charge in [0.05, 0.1) is 11.8 Å². The highest BCUT2D eigenvalue weighted by Crippen LogP contribution is 2.20. The van der Waals surface area contributed by atoms with Gasteiger partial charge < -0.3 is 5.32 Å². The van der Waals surface area contributed by atoms with E-state index in [9.17, 15) is 4.79 Å². The molecule has 0 radical (unpaired) electrons. The van der Waals surface area contributed by atoms with Crippen LogP contribution < -0.4 is 5.32 Å². The number of nitrogens with zero attached hydrogens (tertiary/aromatic N) is 3. The van der Waals surface area contributed by atoms with Gasteiger partial charge in [0.2, 0.25) is 5.91 Å². The monoisotopic (exact) mass is 270 g/mol. The van der Waals surface area contributed by atoms with E-state index in [1.165, 1.54) is 23.1 Å². The number of thioether (sulfide) groups is 1. The molecule has 0 aromatic carbocycles. The van der Waals surface area contributed by atoms with Gasteiger partial charge in [-0.05, 0) is 12.8 Å². The second-order valence-corrected chi connectivity index (χ2v) is 6.07. The first-order valence-electron chi connectivity index (χ1n) is 5.09. The Morgan fingerprint density at radius 2 is 2.47 bits per heavy atom. The summed E-state index contributed by atoms with van der Waals surface area (Å²) in [6.45, 7) is 5.54. The molecule has 0 saturated heterocycles. The topological polar surface area (TPSA) is 78.7 Å². The first kappa shape index (κ1) is 13.9. The zero-order chi connectivity index (χ0) is 12.9. The Labute approximate surface area is 109 Å². The zero-order valence-electron chi connectivity index (χ0n) is 9.93. The smallest absolute Gasteiger partial charge is 0.231 e. The summed E-state index contributed by atoms with van der Waals surface area (Å²) in [7, 11) is 0. The Kier molecular flexibility index (Phi) is 4.90. The lowest BCUT2D eigenvalue weighted by atomic mass is 9.90. The highest BCUT2D eigenvalue weighted by Gasteiger charge is 2.29. The van der Waals surface area contributed by atoms with E-state index in [0.29, 0.717) is 0 Å². The van der Waals surface area contributed by atoms with Crippen LogP contribution in [0.3, 0.4) is 0 Å². The van der Waals surface area contributed by atoms with Crippen molar-refractivity contribution in [2.75, 3.05) is 5.75 Å². The second-order valence-electron chi connectivity index (χ2n) is 4.01. The molecule has 0 saturated carbocycles. The molecule has 7 heteroatoms. The lowest BCUT2D eigenvalue weighted by molar-refractivity contribution is -0.120. The minimum Gasteiger partial charge on any atom is -0.337 e. The number of carbonyl (C=O) groups excluding carboxylic acids is 1. The molecule has 0 unspecified atom stereocenters. The van der Waals surface area contributed by atoms with E-state index in [1.54, 1.807) is 12.4 Å². The van der Waals surface area contributed by atoms with Crippen LogP contribution in [0.4, 0.5) is 0 Å². The van der Waals surface area contributed by atoms with Crippen molar-refractivity contribution in [2.45, 2.75) is 30.6 Å². The van der Waals surface area contributed by atoms with Crippen molar-refractivity contribution in [3.8, 4) is 6.07 Å². The molecule has 0 bridgehead atoms. The molecule has 0 fully saturated rings. The molecule has 1 rings (SSSR count). The van der Waals surface area contributed by atoms with Gasteiger partial charge in [-0.25, -0.2) is 0 Å². The normalized spacial score (nSPS) is 14.1. The zero-order valence-corrected chi connectivity index (χ0v) is 11.6. The molecule has 1 atom stereocenters. The molecule has 92 valence electrons. The van der Waals surface area contributed by atoms with Crippen LogP contribution in [0.15, 0.2) is 9.85 Å². The van der Waals surface area contributed by atoms with Crippen molar-refractivity contribution in [1.82, 2.24) is 15.5 Å². The van der Waals surface area contributed by atoms with E-state index >= 15 is 0 Å². The van der Waals surface area contributed by atoms with Crippen molar-refractivity contribution in [1.29, 1.82) is 5.26 Å². The number of amides is 1. The third kappa shape index (κ3) is 3.98. The fraction of sp³-hybridized carbons (Fsp3) is 0.600. The van der Waals surface area contributed by atoms with Gasteiger partial charge in [-0.1, -0.05) is 36.9 Å². The maximum absolute atomic E-state index is 11.7. The van der Waals surface area contributed by atoms with E-state index in [-0.39, 0.29) is 17.6 Å². The van der Waals surface area contributed by atoms with Crippen LogP contribution in [0.1, 0.15) is 20.8 Å². The maximum Gasteiger partial charge on any atom is 0.231 e. The van der Waals surface area contributed by atoms with Crippen molar-refractivity contribution < 1.29 is 4.79 Å². The van der Waals surface area contributed by atoms with Gasteiger partial charge in [0.25, 0.3) is 0 Å². The molecule has 0 aliphatic rings. The molecule has 1 heterocycles. The van der Waals surface area contributed by atoms with Crippen molar-refractivity contribution in [3.05, 3.63) is 5.51 Å². The second kappa shape index (κ2) is 5.98. The molecule has 1 amide bonds. The molecule has 0 aliphatic heterocycles. The van der Waals surface area contributed by atoms with Crippen LogP contribution in [0.2, 0.25) is 0 Å². The Hall–Kier alpha value is -1.13. The first-order valence-corrected chi connectivity index (χ1v) is 6.95. The molecule has 0 spiro atoms. The van der Waals surface area contributed by atoms with Gasteiger partial charge in [-0.15, -0.1) is 10.2 Å². The predicted molar refractivity (Wildman–Crippen MR) is 67.6 cm³/mol. The number of carbonyl (C=O) groups is 1. The SMILES string of the molecule is CC(C)[C@@](C)(C#N)NC(=O)CSc1nncs1. The van der Waals surface area contributed by atoms with Gasteiger partial charge in [0.15, 0.2) is 4.34 Å². The largest absolute Gasteiger partial charge is 0.337 e. The van der Waals surface area contributed by atoms with Crippen LogP contribution in [0.25, 0.3) is 0 Å². The summed E-state index contributed by atoms with van der Waals surface area (Å²) in [4.78, 5) is 11.7. The van der Waals surface area contributed by atoms with E-state index in [1.807, 2.05) is 13.8 Å². The average Bonchev–Trinajstić information content (AvgIpc) is 2.78. The van der Waals surface area contributed by atoms with Crippen LogP contribution in [0.5, 0.6) is 0 Å². The highest BCUT2D eigenvalue weighted by molar-refractivity contribution is 8.01. The highest BCUT2D eigenvalue weighted by atomic mass is 32.2. The third-order valence-corrected chi connectivity index (χ3v) is 4.31. The number of aromatic nitrogens is 2. The molecule has 1 N–H and O–H groups in total. The van der Waals surface area contributed by atoms with Crippen molar-refractivity contribution in [2.24, 2.45) is 5.92 Å². The summed E-state index contributed by atoms with van der Waals surface area (Å²) in [5.41, 5.74) is 0.798. The molecule has 1 aromatic rings. The van der Waals surface area contributed by atoms with Gasteiger partial charge in [-0.3, -0.25) is 4.79 Å². The predicted octanol–water partition coefficient (Wildman–Crippen LogP) is 1.68. The van der Waals surface area contributed by atoms with Gasteiger partial charge >= 0.3 is 0 Å². The third-order valence-electron chi connectivity index (χ3n) is 2.45. The summed E-state index contributed by atoms with van der Waals surface area (Å²) >= 11 is 2.71. The Balaban J connectivity index is 2.47. The lowest BCUT2D eigenvalue weighted by Gasteiger charge is -2.27.